The van der Waals surface area contributed by atoms with Crippen LogP contribution in [0.15, 0.2) is 174 Å². The Morgan fingerprint density at radius 3 is 2.02 bits per heavy atom. The molecule has 3 aliphatic rings. The first-order valence-electron chi connectivity index (χ1n) is 19.0. The molecular weight excluding hydrogens is 669 g/mol. The summed E-state index contributed by atoms with van der Waals surface area (Å²) in [5, 5.41) is 3.56. The number of benzene rings is 8. The molecule has 0 saturated carbocycles. The minimum Gasteiger partial charge on any atom is -0.452 e. The average molecular weight is 699 g/mol. The van der Waals surface area contributed by atoms with Crippen molar-refractivity contribution in [2.75, 3.05) is 0 Å². The third-order valence-electron chi connectivity index (χ3n) is 12.5. The molecule has 0 bridgehead atoms. The van der Waals surface area contributed by atoms with E-state index in [2.05, 4.69) is 146 Å². The van der Waals surface area contributed by atoms with Crippen LogP contribution in [0.1, 0.15) is 33.4 Å². The van der Waals surface area contributed by atoms with Crippen LogP contribution in [0.4, 0.5) is 0 Å². The quantitative estimate of drug-likeness (QED) is 0.180. The molecule has 254 valence electrons. The second-order valence-corrected chi connectivity index (χ2v) is 15.2. The topological polar surface area (TPSA) is 38.9 Å². The Labute approximate surface area is 317 Å². The molecule has 8 aromatic carbocycles. The van der Waals surface area contributed by atoms with Crippen LogP contribution in [0, 0.1) is 0 Å². The highest BCUT2D eigenvalue weighted by Crippen LogP contribution is 2.66. The summed E-state index contributed by atoms with van der Waals surface area (Å²) in [4.78, 5) is 10.5. The minimum absolute atomic E-state index is 0.462. The van der Waals surface area contributed by atoms with Crippen molar-refractivity contribution in [1.82, 2.24) is 9.97 Å². The first-order valence-corrected chi connectivity index (χ1v) is 19.0. The van der Waals surface area contributed by atoms with Crippen LogP contribution in [-0.2, 0) is 11.8 Å². The Hall–Kier alpha value is -7.10. The molecule has 3 nitrogen and oxygen atoms in total. The molecule has 0 fully saturated rings. The normalized spacial score (nSPS) is 13.9. The van der Waals surface area contributed by atoms with Gasteiger partial charge in [-0.05, 0) is 102 Å². The van der Waals surface area contributed by atoms with E-state index in [-0.39, 0.29) is 0 Å². The highest BCUT2D eigenvalue weighted by Gasteiger charge is 2.54. The molecule has 13 rings (SSSR count). The lowest BCUT2D eigenvalue weighted by molar-refractivity contribution is 0.667. The van der Waals surface area contributed by atoms with Gasteiger partial charge in [0, 0.05) is 16.5 Å². The van der Waals surface area contributed by atoms with Crippen LogP contribution in [0.25, 0.3) is 88.9 Å². The third-order valence-corrected chi connectivity index (χ3v) is 12.5. The van der Waals surface area contributed by atoms with Crippen molar-refractivity contribution < 1.29 is 4.42 Å². The fourth-order valence-electron chi connectivity index (χ4n) is 10.3. The molecule has 2 aromatic heterocycles. The smallest absolute Gasteiger partial charge is 0.180 e. The zero-order chi connectivity index (χ0) is 35.8. The standard InChI is InChI=1S/C52H30N2O/c1-2-13-31(14-3-1)48-50-49(38-18-8-11-21-44(38)55-50)54-51(53-48)34-23-22-32-28-33-24-26-39-46-35-15-5-4-12-30(35)25-27-43(46)52(47(39)45(33)40(32)29-34)41-19-9-6-16-36(41)37-17-7-10-20-42(37)52/h1-27,29H,28H2. The van der Waals surface area contributed by atoms with E-state index < -0.39 is 5.41 Å². The summed E-state index contributed by atoms with van der Waals surface area (Å²) in [6.45, 7) is 0. The summed E-state index contributed by atoms with van der Waals surface area (Å²) in [5.74, 6) is 0.697. The number of fused-ring (bicyclic) bond motifs is 19. The number of para-hydroxylation sites is 1. The van der Waals surface area contributed by atoms with Crippen LogP contribution >= 0.6 is 0 Å². The van der Waals surface area contributed by atoms with Gasteiger partial charge in [0.25, 0.3) is 0 Å². The van der Waals surface area contributed by atoms with Crippen LogP contribution in [-0.4, -0.2) is 9.97 Å². The maximum Gasteiger partial charge on any atom is 0.180 e. The Bertz CT molecular complexity index is 3250. The largest absolute Gasteiger partial charge is 0.452 e. The molecule has 0 aliphatic heterocycles. The van der Waals surface area contributed by atoms with Gasteiger partial charge in [0.15, 0.2) is 11.4 Å². The molecule has 0 radical (unpaired) electrons. The summed E-state index contributed by atoms with van der Waals surface area (Å²) in [6, 6.07) is 62.0. The lowest BCUT2D eigenvalue weighted by atomic mass is 9.68. The van der Waals surface area contributed by atoms with Gasteiger partial charge < -0.3 is 4.42 Å². The van der Waals surface area contributed by atoms with Gasteiger partial charge in [0.05, 0.1) is 5.41 Å². The fraction of sp³-hybridized carbons (Fsp3) is 0.0385. The van der Waals surface area contributed by atoms with Gasteiger partial charge >= 0.3 is 0 Å². The molecule has 3 aliphatic carbocycles. The average Bonchev–Trinajstić information content (AvgIpc) is 3.98. The summed E-state index contributed by atoms with van der Waals surface area (Å²) < 4.78 is 6.45. The molecule has 0 amide bonds. The summed E-state index contributed by atoms with van der Waals surface area (Å²) in [6.07, 6.45) is 0.885. The summed E-state index contributed by atoms with van der Waals surface area (Å²) >= 11 is 0. The fourth-order valence-corrected chi connectivity index (χ4v) is 10.3. The van der Waals surface area contributed by atoms with Gasteiger partial charge in [0.2, 0.25) is 0 Å². The zero-order valence-electron chi connectivity index (χ0n) is 29.7. The van der Waals surface area contributed by atoms with Crippen molar-refractivity contribution in [1.29, 1.82) is 0 Å². The molecule has 0 N–H and O–H groups in total. The molecular formula is C52H30N2O. The monoisotopic (exact) mass is 698 g/mol. The van der Waals surface area contributed by atoms with Crippen molar-refractivity contribution in [3.8, 4) is 56.0 Å². The number of nitrogens with zero attached hydrogens (tertiary/aromatic N) is 2. The Kier molecular flexibility index (Phi) is 5.62. The molecule has 0 saturated heterocycles. The van der Waals surface area contributed by atoms with E-state index in [9.17, 15) is 0 Å². The van der Waals surface area contributed by atoms with Crippen LogP contribution in [0.3, 0.4) is 0 Å². The van der Waals surface area contributed by atoms with Crippen molar-refractivity contribution in [2.45, 2.75) is 11.8 Å². The van der Waals surface area contributed by atoms with Gasteiger partial charge in [-0.15, -0.1) is 0 Å². The summed E-state index contributed by atoms with van der Waals surface area (Å²) in [7, 11) is 0. The van der Waals surface area contributed by atoms with E-state index in [0.717, 1.165) is 39.7 Å². The van der Waals surface area contributed by atoms with E-state index in [4.69, 9.17) is 14.4 Å². The lowest BCUT2D eigenvalue weighted by Crippen LogP contribution is -2.26. The van der Waals surface area contributed by atoms with E-state index in [1.807, 2.05) is 24.3 Å². The Morgan fingerprint density at radius 1 is 0.473 bits per heavy atom. The number of aromatic nitrogens is 2. The first kappa shape index (κ1) is 29.4. The predicted octanol–water partition coefficient (Wildman–Crippen LogP) is 12.8. The van der Waals surface area contributed by atoms with Gasteiger partial charge in [-0.3, -0.25) is 0 Å². The van der Waals surface area contributed by atoms with Crippen molar-refractivity contribution >= 4 is 32.8 Å². The highest BCUT2D eigenvalue weighted by atomic mass is 16.3. The molecule has 2 heterocycles. The number of rotatable bonds is 2. The molecule has 1 spiro atoms. The van der Waals surface area contributed by atoms with Crippen molar-refractivity contribution in [2.24, 2.45) is 0 Å². The third kappa shape index (κ3) is 3.70. The SMILES string of the molecule is c1ccc(-c2nc(-c3ccc4c(c3)-c3c(ccc5c3C3(c6ccccc6-c6ccccc63)c3ccc6ccccc6c3-5)C4)nc3c2oc2ccccc23)cc1. The Morgan fingerprint density at radius 2 is 1.18 bits per heavy atom. The van der Waals surface area contributed by atoms with Crippen LogP contribution < -0.4 is 0 Å². The minimum atomic E-state index is -0.462. The maximum absolute atomic E-state index is 6.45. The maximum atomic E-state index is 6.45. The molecule has 0 atom stereocenters. The summed E-state index contributed by atoms with van der Waals surface area (Å²) in [5.41, 5.74) is 20.8. The van der Waals surface area contributed by atoms with Gasteiger partial charge in [-0.1, -0.05) is 152 Å². The van der Waals surface area contributed by atoms with E-state index in [0.29, 0.717) is 11.4 Å². The van der Waals surface area contributed by atoms with Crippen molar-refractivity contribution in [3.63, 3.8) is 0 Å². The highest BCUT2D eigenvalue weighted by molar-refractivity contribution is 6.10. The first-order chi connectivity index (χ1) is 27.3. The Balaban J connectivity index is 1.12. The van der Waals surface area contributed by atoms with Gasteiger partial charge in [-0.25, -0.2) is 9.97 Å². The van der Waals surface area contributed by atoms with E-state index >= 15 is 0 Å². The number of hydrogen-bond acceptors (Lipinski definition) is 3. The molecule has 0 unspecified atom stereocenters. The predicted molar refractivity (Wildman–Crippen MR) is 222 cm³/mol. The molecule has 10 aromatic rings. The van der Waals surface area contributed by atoms with E-state index in [1.165, 1.54) is 77.5 Å². The van der Waals surface area contributed by atoms with Gasteiger partial charge in [-0.2, -0.15) is 0 Å². The van der Waals surface area contributed by atoms with Crippen LogP contribution in [0.5, 0.6) is 0 Å². The van der Waals surface area contributed by atoms with Gasteiger partial charge in [0.1, 0.15) is 16.8 Å². The molecule has 55 heavy (non-hydrogen) atoms. The second kappa shape index (κ2) is 10.5. The lowest BCUT2D eigenvalue weighted by Gasteiger charge is -2.32. The number of furan rings is 1. The zero-order valence-corrected chi connectivity index (χ0v) is 29.7. The van der Waals surface area contributed by atoms with Crippen LogP contribution in [0.2, 0.25) is 0 Å². The van der Waals surface area contributed by atoms with E-state index in [1.54, 1.807) is 0 Å². The van der Waals surface area contributed by atoms with Crippen molar-refractivity contribution in [3.05, 3.63) is 203 Å². The number of hydrogen-bond donors (Lipinski definition) is 0. The second-order valence-electron chi connectivity index (χ2n) is 15.2. The molecule has 3 heteroatoms.